The number of amides is 1. The average molecular weight is 272 g/mol. The number of hydrogen-bond donors (Lipinski definition) is 1. The van der Waals surface area contributed by atoms with Crippen molar-refractivity contribution < 1.29 is 14.3 Å². The number of esters is 1. The van der Waals surface area contributed by atoms with E-state index < -0.39 is 0 Å². The van der Waals surface area contributed by atoms with Crippen LogP contribution in [-0.2, 0) is 14.3 Å². The molecule has 1 aliphatic heterocycles. The van der Waals surface area contributed by atoms with Gasteiger partial charge in [-0.05, 0) is 19.3 Å². The van der Waals surface area contributed by atoms with Crippen molar-refractivity contribution in [1.82, 2.24) is 4.90 Å². The van der Waals surface area contributed by atoms with E-state index in [0.717, 1.165) is 0 Å². The zero-order valence-electron chi connectivity index (χ0n) is 11.1. The van der Waals surface area contributed by atoms with Gasteiger partial charge in [0.25, 0.3) is 0 Å². The van der Waals surface area contributed by atoms with Crippen LogP contribution in [0.15, 0.2) is 0 Å². The van der Waals surface area contributed by atoms with Crippen molar-refractivity contribution >= 4 is 28.8 Å². The number of nitrogens with one attached hydrogen (secondary N) is 1. The van der Waals surface area contributed by atoms with Crippen molar-refractivity contribution in [1.29, 1.82) is 5.41 Å². The monoisotopic (exact) mass is 272 g/mol. The Kier molecular flexibility index (Phi) is 5.65. The van der Waals surface area contributed by atoms with Crippen LogP contribution in [0.25, 0.3) is 0 Å². The Labute approximate surface area is 112 Å². The minimum Gasteiger partial charge on any atom is -0.466 e. The highest BCUT2D eigenvalue weighted by Crippen LogP contribution is 2.30. The molecule has 1 rings (SSSR count). The summed E-state index contributed by atoms with van der Waals surface area (Å²) in [6.45, 7) is 6.71. The Hall–Kier alpha value is -1.04. The first kappa shape index (κ1) is 15.0. The molecule has 5 nitrogen and oxygen atoms in total. The summed E-state index contributed by atoms with van der Waals surface area (Å²) in [6, 6.07) is 0. The molecule has 0 aromatic rings. The van der Waals surface area contributed by atoms with E-state index in [-0.39, 0.29) is 23.5 Å². The van der Waals surface area contributed by atoms with Gasteiger partial charge in [0.1, 0.15) is 0 Å². The fourth-order valence-electron chi connectivity index (χ4n) is 1.73. The molecule has 6 heteroatoms. The van der Waals surface area contributed by atoms with Crippen molar-refractivity contribution in [3.63, 3.8) is 0 Å². The van der Waals surface area contributed by atoms with E-state index >= 15 is 0 Å². The Morgan fingerprint density at radius 3 is 2.78 bits per heavy atom. The second-order valence-corrected chi connectivity index (χ2v) is 5.79. The highest BCUT2D eigenvalue weighted by molar-refractivity contribution is 8.15. The molecule has 18 heavy (non-hydrogen) atoms. The number of ether oxygens (including phenoxy) is 1. The molecule has 0 aliphatic carbocycles. The van der Waals surface area contributed by atoms with E-state index in [1.54, 1.807) is 6.92 Å². The fraction of sp³-hybridized carbons (Fsp3) is 0.750. The lowest BCUT2D eigenvalue weighted by molar-refractivity contribution is -0.143. The lowest BCUT2D eigenvalue weighted by Gasteiger charge is -2.17. The standard InChI is InChI=1S/C12H20N2O3S/c1-4-17-10(15)6-5-9-11(16)14(7-8(2)3)12(13)18-9/h8-9,13H,4-7H2,1-3H3. The maximum absolute atomic E-state index is 12.0. The van der Waals surface area contributed by atoms with Gasteiger partial charge < -0.3 is 4.74 Å². The molecule has 0 radical (unpaired) electrons. The van der Waals surface area contributed by atoms with Gasteiger partial charge in [0.15, 0.2) is 5.17 Å². The van der Waals surface area contributed by atoms with Crippen LogP contribution in [0, 0.1) is 11.3 Å². The molecule has 1 amide bonds. The lowest BCUT2D eigenvalue weighted by Crippen LogP contribution is -2.34. The summed E-state index contributed by atoms with van der Waals surface area (Å²) in [6.07, 6.45) is 0.680. The summed E-state index contributed by atoms with van der Waals surface area (Å²) in [4.78, 5) is 24.8. The first-order valence-corrected chi connectivity index (χ1v) is 7.05. The van der Waals surface area contributed by atoms with Crippen molar-refractivity contribution in [3.05, 3.63) is 0 Å². The third-order valence-electron chi connectivity index (χ3n) is 2.50. The molecule has 1 saturated heterocycles. The summed E-state index contributed by atoms with van der Waals surface area (Å²) in [5.74, 6) is 0.00134. The lowest BCUT2D eigenvalue weighted by atomic mass is 10.2. The summed E-state index contributed by atoms with van der Waals surface area (Å²) < 4.78 is 4.83. The maximum Gasteiger partial charge on any atom is 0.305 e. The highest BCUT2D eigenvalue weighted by Gasteiger charge is 2.37. The van der Waals surface area contributed by atoms with E-state index in [1.807, 2.05) is 13.8 Å². The second kappa shape index (κ2) is 6.78. The number of carbonyl (C=O) groups excluding carboxylic acids is 2. The Morgan fingerprint density at radius 1 is 1.56 bits per heavy atom. The molecular formula is C12H20N2O3S. The smallest absolute Gasteiger partial charge is 0.305 e. The molecule has 1 atom stereocenters. The van der Waals surface area contributed by atoms with Crippen LogP contribution in [0.3, 0.4) is 0 Å². The zero-order valence-corrected chi connectivity index (χ0v) is 11.9. The van der Waals surface area contributed by atoms with Crippen LogP contribution < -0.4 is 0 Å². The van der Waals surface area contributed by atoms with Crippen LogP contribution in [0.2, 0.25) is 0 Å². The zero-order chi connectivity index (χ0) is 13.7. The van der Waals surface area contributed by atoms with Gasteiger partial charge in [-0.2, -0.15) is 0 Å². The van der Waals surface area contributed by atoms with Crippen molar-refractivity contribution in [2.45, 2.75) is 38.9 Å². The molecule has 0 aromatic heterocycles. The van der Waals surface area contributed by atoms with Gasteiger partial charge in [-0.15, -0.1) is 0 Å². The summed E-state index contributed by atoms with van der Waals surface area (Å²) in [7, 11) is 0. The van der Waals surface area contributed by atoms with E-state index in [9.17, 15) is 9.59 Å². The quantitative estimate of drug-likeness (QED) is 0.749. The third kappa shape index (κ3) is 4.01. The summed E-state index contributed by atoms with van der Waals surface area (Å²) in [5.41, 5.74) is 0. The Morgan fingerprint density at radius 2 is 2.22 bits per heavy atom. The van der Waals surface area contributed by atoms with E-state index in [4.69, 9.17) is 10.1 Å². The summed E-state index contributed by atoms with van der Waals surface area (Å²) >= 11 is 1.24. The number of hydrogen-bond acceptors (Lipinski definition) is 5. The van der Waals surface area contributed by atoms with Gasteiger partial charge in [0.05, 0.1) is 11.9 Å². The van der Waals surface area contributed by atoms with Crippen molar-refractivity contribution in [2.75, 3.05) is 13.2 Å². The molecule has 0 saturated carbocycles. The maximum atomic E-state index is 12.0. The number of thioether (sulfide) groups is 1. The second-order valence-electron chi connectivity index (χ2n) is 4.60. The minimum atomic E-state index is -0.305. The van der Waals surface area contributed by atoms with Gasteiger partial charge in [-0.25, -0.2) is 0 Å². The van der Waals surface area contributed by atoms with Crippen LogP contribution in [0.4, 0.5) is 0 Å². The van der Waals surface area contributed by atoms with Crippen LogP contribution in [-0.4, -0.2) is 40.3 Å². The van der Waals surface area contributed by atoms with Crippen molar-refractivity contribution in [2.24, 2.45) is 5.92 Å². The van der Waals surface area contributed by atoms with Gasteiger partial charge in [-0.3, -0.25) is 19.9 Å². The van der Waals surface area contributed by atoms with E-state index in [0.29, 0.717) is 30.7 Å². The van der Waals surface area contributed by atoms with Crippen LogP contribution in [0.5, 0.6) is 0 Å². The molecule has 1 heterocycles. The average Bonchev–Trinajstić information content (AvgIpc) is 2.54. The molecule has 0 aromatic carbocycles. The SMILES string of the molecule is CCOC(=O)CCC1SC(=N)N(CC(C)C)C1=O. The molecule has 0 spiro atoms. The molecule has 1 unspecified atom stereocenters. The van der Waals surface area contributed by atoms with Crippen molar-refractivity contribution in [3.8, 4) is 0 Å². The topological polar surface area (TPSA) is 70.5 Å². The van der Waals surface area contributed by atoms with E-state index in [1.165, 1.54) is 16.7 Å². The first-order valence-electron chi connectivity index (χ1n) is 6.17. The predicted molar refractivity (Wildman–Crippen MR) is 71.5 cm³/mol. The van der Waals surface area contributed by atoms with Crippen LogP contribution >= 0.6 is 11.8 Å². The third-order valence-corrected chi connectivity index (χ3v) is 3.67. The van der Waals surface area contributed by atoms with Gasteiger partial charge in [-0.1, -0.05) is 25.6 Å². The number of carbonyl (C=O) groups is 2. The minimum absolute atomic E-state index is 0.0528. The number of nitrogens with zero attached hydrogens (tertiary/aromatic N) is 1. The van der Waals surface area contributed by atoms with E-state index in [2.05, 4.69) is 0 Å². The molecule has 1 fully saturated rings. The fourth-order valence-corrected chi connectivity index (χ4v) is 2.75. The summed E-state index contributed by atoms with van der Waals surface area (Å²) in [5, 5.41) is 7.77. The Balaban J connectivity index is 2.47. The largest absolute Gasteiger partial charge is 0.466 e. The van der Waals surface area contributed by atoms with Gasteiger partial charge in [0, 0.05) is 13.0 Å². The molecular weight excluding hydrogens is 252 g/mol. The molecule has 1 N–H and O–H groups in total. The number of amidine groups is 1. The van der Waals surface area contributed by atoms with Gasteiger partial charge in [0.2, 0.25) is 5.91 Å². The van der Waals surface area contributed by atoms with Crippen LogP contribution in [0.1, 0.15) is 33.6 Å². The number of rotatable bonds is 6. The first-order chi connectivity index (χ1) is 8.45. The molecule has 102 valence electrons. The predicted octanol–water partition coefficient (Wildman–Crippen LogP) is 1.86. The molecule has 0 bridgehead atoms. The highest BCUT2D eigenvalue weighted by atomic mass is 32.2. The van der Waals surface area contributed by atoms with Gasteiger partial charge >= 0.3 is 5.97 Å². The Bertz CT molecular complexity index is 344. The normalized spacial score (nSPS) is 19.8. The molecule has 1 aliphatic rings.